The van der Waals surface area contributed by atoms with E-state index >= 15 is 0 Å². The van der Waals surface area contributed by atoms with Crippen LogP contribution in [0.3, 0.4) is 0 Å². The Labute approximate surface area is 275 Å². The Morgan fingerprint density at radius 2 is 1.51 bits per heavy atom. The van der Waals surface area contributed by atoms with Crippen LogP contribution in [0.25, 0.3) is 46.2 Å². The molecule has 0 fully saturated rings. The molecule has 2 aromatic heterocycles. The number of benzene rings is 3. The number of aromatic nitrogens is 3. The molecule has 0 amide bonds. The quantitative estimate of drug-likeness (QED) is 0.219. The van der Waals surface area contributed by atoms with Crippen molar-refractivity contribution in [3.8, 4) is 11.1 Å². The van der Waals surface area contributed by atoms with E-state index in [9.17, 15) is 0 Å². The van der Waals surface area contributed by atoms with Gasteiger partial charge in [0.2, 0.25) is 0 Å². The molecule has 0 radical (unpaired) electrons. The highest BCUT2D eigenvalue weighted by atomic mass is 15.2. The van der Waals surface area contributed by atoms with Gasteiger partial charge in [-0.3, -0.25) is 0 Å². The molecule has 0 spiro atoms. The van der Waals surface area contributed by atoms with E-state index in [0.29, 0.717) is 5.92 Å². The molecule has 4 aliphatic rings. The highest BCUT2D eigenvalue weighted by molar-refractivity contribution is 5.86. The molecule has 0 saturated heterocycles. The van der Waals surface area contributed by atoms with Crippen molar-refractivity contribution in [2.75, 3.05) is 0 Å². The predicted octanol–water partition coefficient (Wildman–Crippen LogP) is 8.11. The van der Waals surface area contributed by atoms with E-state index < -0.39 is 0 Å². The zero-order valence-corrected chi connectivity index (χ0v) is 26.3. The molecule has 4 nitrogen and oxygen atoms in total. The molecule has 1 N–H and O–H groups in total. The fraction of sp³-hybridized carbons (Fsp3) is 0.163. The van der Waals surface area contributed by atoms with Crippen molar-refractivity contribution in [2.45, 2.75) is 43.7 Å². The Balaban J connectivity index is 1.14. The first-order valence-corrected chi connectivity index (χ1v) is 16.8. The number of rotatable bonds is 5. The molecular formula is C43H36N4. The number of dihydropyridines is 1. The molecule has 47 heavy (non-hydrogen) atoms. The van der Waals surface area contributed by atoms with Crippen LogP contribution >= 0.6 is 0 Å². The zero-order chi connectivity index (χ0) is 31.2. The van der Waals surface area contributed by atoms with Gasteiger partial charge in [-0.25, -0.2) is 9.97 Å². The Morgan fingerprint density at radius 1 is 0.702 bits per heavy atom. The summed E-state index contributed by atoms with van der Waals surface area (Å²) in [4.78, 5) is 10.7. The number of fused-ring (bicyclic) bond motifs is 4. The molecule has 3 atom stereocenters. The third-order valence-corrected chi connectivity index (χ3v) is 9.92. The number of hydrogen-bond donors (Lipinski definition) is 1. The molecule has 0 bridgehead atoms. The molecule has 0 saturated carbocycles. The number of nitrogens with one attached hydrogen (secondary N) is 1. The van der Waals surface area contributed by atoms with Crippen LogP contribution in [0.4, 0.5) is 0 Å². The minimum absolute atomic E-state index is 0.0385. The minimum Gasteiger partial charge on any atom is -0.361 e. The molecule has 228 valence electrons. The van der Waals surface area contributed by atoms with Crippen molar-refractivity contribution >= 4 is 35.1 Å². The molecule has 3 aliphatic carbocycles. The number of allylic oxidation sites excluding steroid dienone is 7. The van der Waals surface area contributed by atoms with Crippen molar-refractivity contribution in [2.24, 2.45) is 0 Å². The van der Waals surface area contributed by atoms with Crippen LogP contribution in [0, 0.1) is 0 Å². The maximum absolute atomic E-state index is 5.38. The summed E-state index contributed by atoms with van der Waals surface area (Å²) >= 11 is 0. The lowest BCUT2D eigenvalue weighted by Gasteiger charge is -2.26. The van der Waals surface area contributed by atoms with Crippen molar-refractivity contribution in [1.29, 1.82) is 0 Å². The van der Waals surface area contributed by atoms with E-state index in [1.54, 1.807) is 0 Å². The lowest BCUT2D eigenvalue weighted by atomic mass is 9.84. The highest BCUT2D eigenvalue weighted by Crippen LogP contribution is 2.36. The molecule has 3 aromatic carbocycles. The molecule has 4 heteroatoms. The van der Waals surface area contributed by atoms with Crippen LogP contribution in [0.15, 0.2) is 127 Å². The summed E-state index contributed by atoms with van der Waals surface area (Å²) in [6.07, 6.45) is 28.6. The summed E-state index contributed by atoms with van der Waals surface area (Å²) in [5.74, 6) is 0.620. The van der Waals surface area contributed by atoms with Gasteiger partial charge in [-0.15, -0.1) is 0 Å². The number of nitrogens with zero attached hydrogens (tertiary/aromatic N) is 3. The molecule has 9 rings (SSSR count). The Hall–Kier alpha value is -5.48. The van der Waals surface area contributed by atoms with Crippen LogP contribution < -0.4 is 16.0 Å². The minimum atomic E-state index is -0.0385. The predicted molar refractivity (Wildman–Crippen MR) is 194 cm³/mol. The monoisotopic (exact) mass is 608 g/mol. The standard InChI is InChI=1S/C43H36N4/c1-4-13-29(14-5-1)33-25-34(30-15-6-2-7-16-30)27-35(26-33)32-23-24-38-39(28-32)45-42-36-19-10-11-21-40(36)47(43(42)46-38)41-22-12-20-37(44-41)31-17-8-3-9-18-31/h1-10,12-15,17-20,22,24-28,30,32,41,44H,11,16,21,23H2. The van der Waals surface area contributed by atoms with Gasteiger partial charge in [-0.05, 0) is 71.7 Å². The maximum atomic E-state index is 5.38. The molecule has 1 aliphatic heterocycles. The zero-order valence-electron chi connectivity index (χ0n) is 26.3. The normalized spacial score (nSPS) is 20.9. The van der Waals surface area contributed by atoms with Gasteiger partial charge in [-0.2, -0.15) is 0 Å². The van der Waals surface area contributed by atoms with E-state index in [0.717, 1.165) is 53.2 Å². The lowest BCUT2D eigenvalue weighted by Crippen LogP contribution is -2.35. The first-order chi connectivity index (χ1) is 23.3. The van der Waals surface area contributed by atoms with Gasteiger partial charge in [-0.1, -0.05) is 127 Å². The smallest absolute Gasteiger partial charge is 0.162 e. The average Bonchev–Trinajstić information content (AvgIpc) is 3.47. The van der Waals surface area contributed by atoms with Crippen molar-refractivity contribution in [3.63, 3.8) is 0 Å². The topological polar surface area (TPSA) is 42.7 Å². The van der Waals surface area contributed by atoms with Gasteiger partial charge in [0.1, 0.15) is 11.7 Å². The molecule has 3 unspecified atom stereocenters. The summed E-state index contributed by atoms with van der Waals surface area (Å²) in [7, 11) is 0. The van der Waals surface area contributed by atoms with E-state index in [1.807, 2.05) is 0 Å². The number of hydrogen-bond acceptors (Lipinski definition) is 3. The fourth-order valence-electron chi connectivity index (χ4n) is 7.54. The first-order valence-electron chi connectivity index (χ1n) is 16.8. The van der Waals surface area contributed by atoms with Crippen molar-refractivity contribution in [3.05, 3.63) is 166 Å². The van der Waals surface area contributed by atoms with Crippen LogP contribution in [0.2, 0.25) is 0 Å². The second-order valence-corrected chi connectivity index (χ2v) is 12.9. The van der Waals surface area contributed by atoms with E-state index in [-0.39, 0.29) is 12.1 Å². The summed E-state index contributed by atoms with van der Waals surface area (Å²) in [5.41, 5.74) is 12.0. The summed E-state index contributed by atoms with van der Waals surface area (Å²) in [5, 5.41) is 5.75. The van der Waals surface area contributed by atoms with Gasteiger partial charge in [0.25, 0.3) is 0 Å². The third kappa shape index (κ3) is 5.11. The highest BCUT2D eigenvalue weighted by Gasteiger charge is 2.26. The molecule has 5 aromatic rings. The Kier molecular flexibility index (Phi) is 6.93. The van der Waals surface area contributed by atoms with E-state index in [2.05, 4.69) is 156 Å². The van der Waals surface area contributed by atoms with E-state index in [4.69, 9.17) is 9.97 Å². The fourth-order valence-corrected chi connectivity index (χ4v) is 7.54. The summed E-state index contributed by atoms with van der Waals surface area (Å²) in [6.45, 7) is 0. The molecule has 3 heterocycles. The van der Waals surface area contributed by atoms with Crippen molar-refractivity contribution in [1.82, 2.24) is 19.9 Å². The average molecular weight is 609 g/mol. The van der Waals surface area contributed by atoms with Crippen LogP contribution in [0.5, 0.6) is 0 Å². The second kappa shape index (κ2) is 11.7. The van der Waals surface area contributed by atoms with Gasteiger partial charge < -0.3 is 9.88 Å². The Bertz CT molecular complexity index is 2280. The maximum Gasteiger partial charge on any atom is 0.162 e. The van der Waals surface area contributed by atoms with E-state index in [1.165, 1.54) is 39.1 Å². The van der Waals surface area contributed by atoms with Gasteiger partial charge >= 0.3 is 0 Å². The lowest BCUT2D eigenvalue weighted by molar-refractivity contribution is 0.546. The van der Waals surface area contributed by atoms with Crippen molar-refractivity contribution < 1.29 is 0 Å². The first kappa shape index (κ1) is 27.8. The largest absolute Gasteiger partial charge is 0.361 e. The third-order valence-electron chi connectivity index (χ3n) is 9.92. The SMILES string of the molecule is C1=CCC(c2cc(-c3ccccc3)cc(C3C=c4nc5c6c(n(C7C=CC=C(c8ccccc8)N7)c5nc4=CC3)CCC=C6)c2)C=C1. The van der Waals surface area contributed by atoms with Gasteiger partial charge in [0, 0.05) is 28.8 Å². The Morgan fingerprint density at radius 3 is 2.32 bits per heavy atom. The second-order valence-electron chi connectivity index (χ2n) is 12.9. The van der Waals surface area contributed by atoms with Crippen LogP contribution in [-0.2, 0) is 6.42 Å². The van der Waals surface area contributed by atoms with Crippen LogP contribution in [-0.4, -0.2) is 14.5 Å². The van der Waals surface area contributed by atoms with Crippen LogP contribution in [0.1, 0.15) is 65.2 Å². The van der Waals surface area contributed by atoms with Gasteiger partial charge in [0.15, 0.2) is 5.65 Å². The molecular weight excluding hydrogens is 573 g/mol. The van der Waals surface area contributed by atoms with Gasteiger partial charge in [0.05, 0.1) is 10.7 Å². The summed E-state index contributed by atoms with van der Waals surface area (Å²) in [6, 6.07) is 28.5. The summed E-state index contributed by atoms with van der Waals surface area (Å²) < 4.78 is 2.38.